The van der Waals surface area contributed by atoms with E-state index in [0.29, 0.717) is 11.7 Å². The van der Waals surface area contributed by atoms with Crippen LogP contribution in [0.15, 0.2) is 42.5 Å². The Bertz CT molecular complexity index is 787. The number of aryl methyl sites for hydroxylation is 2. The van der Waals surface area contributed by atoms with Gasteiger partial charge in [0.05, 0.1) is 0 Å². The van der Waals surface area contributed by atoms with Crippen LogP contribution in [0, 0.1) is 6.92 Å². The Morgan fingerprint density at radius 3 is 2.58 bits per heavy atom. The van der Waals surface area contributed by atoms with Crippen LogP contribution >= 0.6 is 12.2 Å². The van der Waals surface area contributed by atoms with Gasteiger partial charge in [0.25, 0.3) is 5.91 Å². The number of hydrogen-bond acceptors (Lipinski definition) is 3. The quantitative estimate of drug-likeness (QED) is 0.731. The van der Waals surface area contributed by atoms with E-state index in [1.807, 2.05) is 49.4 Å². The molecule has 0 fully saturated rings. The summed E-state index contributed by atoms with van der Waals surface area (Å²) < 4.78 is 5.58. The van der Waals surface area contributed by atoms with Crippen molar-refractivity contribution in [2.45, 2.75) is 40.0 Å². The molecule has 0 atom stereocenters. The van der Waals surface area contributed by atoms with Crippen molar-refractivity contribution in [2.24, 2.45) is 0 Å². The predicted molar refractivity (Wildman–Crippen MR) is 111 cm³/mol. The first-order chi connectivity index (χ1) is 12.4. The Kier molecular flexibility index (Phi) is 7.16. The highest BCUT2D eigenvalue weighted by molar-refractivity contribution is 7.80. The first-order valence-electron chi connectivity index (χ1n) is 8.82. The monoisotopic (exact) mass is 370 g/mol. The van der Waals surface area contributed by atoms with Gasteiger partial charge in [-0.2, -0.15) is 0 Å². The van der Waals surface area contributed by atoms with E-state index in [9.17, 15) is 4.79 Å². The van der Waals surface area contributed by atoms with Crippen molar-refractivity contribution in [3.8, 4) is 5.75 Å². The number of carbonyl (C=O) groups is 1. The van der Waals surface area contributed by atoms with Gasteiger partial charge >= 0.3 is 0 Å². The average molecular weight is 371 g/mol. The van der Waals surface area contributed by atoms with Gasteiger partial charge in [0.2, 0.25) is 0 Å². The molecule has 0 heterocycles. The lowest BCUT2D eigenvalue weighted by Gasteiger charge is -2.14. The second-order valence-corrected chi connectivity index (χ2v) is 6.88. The van der Waals surface area contributed by atoms with Crippen LogP contribution in [0.1, 0.15) is 43.4 Å². The summed E-state index contributed by atoms with van der Waals surface area (Å²) in [5.74, 6) is 0.848. The molecular weight excluding hydrogens is 344 g/mol. The topological polar surface area (TPSA) is 50.4 Å². The summed E-state index contributed by atoms with van der Waals surface area (Å²) in [7, 11) is 0. The zero-order chi connectivity index (χ0) is 19.1. The highest BCUT2D eigenvalue weighted by Gasteiger charge is 2.09. The van der Waals surface area contributed by atoms with Crippen molar-refractivity contribution in [1.29, 1.82) is 0 Å². The van der Waals surface area contributed by atoms with Crippen LogP contribution < -0.4 is 15.4 Å². The van der Waals surface area contributed by atoms with E-state index >= 15 is 0 Å². The molecule has 2 N–H and O–H groups in total. The molecule has 0 bridgehead atoms. The number of benzene rings is 2. The van der Waals surface area contributed by atoms with Gasteiger partial charge in [0.15, 0.2) is 11.7 Å². The molecule has 0 spiro atoms. The van der Waals surface area contributed by atoms with Gasteiger partial charge in [0.1, 0.15) is 5.75 Å². The number of anilines is 1. The van der Waals surface area contributed by atoms with Crippen LogP contribution in [0.4, 0.5) is 5.69 Å². The maximum Gasteiger partial charge on any atom is 0.264 e. The largest absolute Gasteiger partial charge is 0.484 e. The molecule has 0 saturated heterocycles. The number of hydrogen-bond donors (Lipinski definition) is 2. The van der Waals surface area contributed by atoms with Gasteiger partial charge in [-0.1, -0.05) is 45.0 Å². The third-order valence-electron chi connectivity index (χ3n) is 4.13. The molecule has 4 nitrogen and oxygen atoms in total. The Morgan fingerprint density at radius 1 is 1.19 bits per heavy atom. The summed E-state index contributed by atoms with van der Waals surface area (Å²) in [5, 5.41) is 5.98. The molecule has 0 aliphatic rings. The van der Waals surface area contributed by atoms with Crippen LogP contribution in [0.25, 0.3) is 0 Å². The normalized spacial score (nSPS) is 10.5. The van der Waals surface area contributed by atoms with Crippen molar-refractivity contribution >= 4 is 28.9 Å². The number of thiocarbonyl (C=S) groups is 1. The standard InChI is InChI=1S/C21H26N2O2S/c1-5-16-8-6-7-9-19(16)22-21(26)23-20(24)13-25-17-10-11-18(14(2)3)15(4)12-17/h6-12,14H,5,13H2,1-4H3,(H2,22,23,24,26). The average Bonchev–Trinajstić information content (AvgIpc) is 2.60. The van der Waals surface area contributed by atoms with Crippen LogP contribution in [-0.2, 0) is 11.2 Å². The summed E-state index contributed by atoms with van der Waals surface area (Å²) in [6, 6.07) is 13.8. The molecule has 0 aromatic heterocycles. The second-order valence-electron chi connectivity index (χ2n) is 6.47. The maximum absolute atomic E-state index is 12.1. The SMILES string of the molecule is CCc1ccccc1NC(=S)NC(=O)COc1ccc(C(C)C)c(C)c1. The third kappa shape index (κ3) is 5.56. The van der Waals surface area contributed by atoms with Gasteiger partial charge in [-0.25, -0.2) is 0 Å². The molecule has 26 heavy (non-hydrogen) atoms. The highest BCUT2D eigenvalue weighted by atomic mass is 32.1. The second kappa shape index (κ2) is 9.34. The van der Waals surface area contributed by atoms with E-state index < -0.39 is 0 Å². The number of rotatable bonds is 6. The Balaban J connectivity index is 1.86. The summed E-state index contributed by atoms with van der Waals surface area (Å²) in [4.78, 5) is 12.1. The minimum absolute atomic E-state index is 0.0856. The Labute approximate surface area is 161 Å². The van der Waals surface area contributed by atoms with E-state index in [0.717, 1.165) is 23.2 Å². The zero-order valence-corrected chi connectivity index (χ0v) is 16.6. The minimum Gasteiger partial charge on any atom is -0.484 e. The number of amides is 1. The zero-order valence-electron chi connectivity index (χ0n) is 15.8. The fraction of sp³-hybridized carbons (Fsp3) is 0.333. The molecule has 0 aliphatic carbocycles. The summed E-state index contributed by atoms with van der Waals surface area (Å²) in [5.41, 5.74) is 4.48. The molecule has 2 rings (SSSR count). The van der Waals surface area contributed by atoms with Gasteiger partial charge in [0, 0.05) is 5.69 Å². The molecule has 138 valence electrons. The lowest BCUT2D eigenvalue weighted by molar-refractivity contribution is -0.121. The highest BCUT2D eigenvalue weighted by Crippen LogP contribution is 2.23. The number of nitrogens with one attached hydrogen (secondary N) is 2. The van der Waals surface area contributed by atoms with Gasteiger partial charge in [-0.05, 0) is 66.4 Å². The Morgan fingerprint density at radius 2 is 1.92 bits per heavy atom. The summed E-state index contributed by atoms with van der Waals surface area (Å²) in [6.07, 6.45) is 0.883. The number of carbonyl (C=O) groups excluding carboxylic acids is 1. The molecule has 1 amide bonds. The van der Waals surface area contributed by atoms with Gasteiger partial charge in [-0.3, -0.25) is 10.1 Å². The van der Waals surface area contributed by atoms with Crippen molar-refractivity contribution < 1.29 is 9.53 Å². The fourth-order valence-corrected chi connectivity index (χ4v) is 3.03. The van der Waals surface area contributed by atoms with E-state index in [1.54, 1.807) is 0 Å². The lowest BCUT2D eigenvalue weighted by atomic mass is 9.98. The predicted octanol–water partition coefficient (Wildman–Crippen LogP) is 4.57. The molecule has 2 aromatic carbocycles. The van der Waals surface area contributed by atoms with Crippen LogP contribution in [0.2, 0.25) is 0 Å². The van der Waals surface area contributed by atoms with E-state index in [4.69, 9.17) is 17.0 Å². The van der Waals surface area contributed by atoms with Crippen molar-refractivity contribution in [2.75, 3.05) is 11.9 Å². The van der Waals surface area contributed by atoms with Crippen molar-refractivity contribution in [1.82, 2.24) is 5.32 Å². The van der Waals surface area contributed by atoms with Crippen molar-refractivity contribution in [3.05, 3.63) is 59.2 Å². The summed E-state index contributed by atoms with van der Waals surface area (Å²) >= 11 is 5.22. The van der Waals surface area contributed by atoms with Crippen molar-refractivity contribution in [3.63, 3.8) is 0 Å². The molecule has 0 aliphatic heterocycles. The first-order valence-corrected chi connectivity index (χ1v) is 9.23. The number of ether oxygens (including phenoxy) is 1. The maximum atomic E-state index is 12.1. The minimum atomic E-state index is -0.290. The first kappa shape index (κ1) is 19.9. The van der Waals surface area contributed by atoms with E-state index in [1.165, 1.54) is 5.56 Å². The third-order valence-corrected chi connectivity index (χ3v) is 4.34. The van der Waals surface area contributed by atoms with E-state index in [-0.39, 0.29) is 17.6 Å². The molecule has 2 aromatic rings. The number of para-hydroxylation sites is 1. The van der Waals surface area contributed by atoms with Gasteiger partial charge in [-0.15, -0.1) is 0 Å². The van der Waals surface area contributed by atoms with Gasteiger partial charge < -0.3 is 10.1 Å². The van der Waals surface area contributed by atoms with Crippen LogP contribution in [0.5, 0.6) is 5.75 Å². The van der Waals surface area contributed by atoms with Crippen LogP contribution in [-0.4, -0.2) is 17.6 Å². The Hall–Kier alpha value is -2.40. The molecule has 0 unspecified atom stereocenters. The molecular formula is C21H26N2O2S. The lowest BCUT2D eigenvalue weighted by Crippen LogP contribution is -2.37. The summed E-state index contributed by atoms with van der Waals surface area (Å²) in [6.45, 7) is 8.34. The smallest absolute Gasteiger partial charge is 0.264 e. The molecule has 5 heteroatoms. The molecule has 0 radical (unpaired) electrons. The fourth-order valence-electron chi connectivity index (χ4n) is 2.80. The van der Waals surface area contributed by atoms with Crippen LogP contribution in [0.3, 0.4) is 0 Å². The molecule has 0 saturated carbocycles. The van der Waals surface area contributed by atoms with E-state index in [2.05, 4.69) is 31.4 Å².